The van der Waals surface area contributed by atoms with Crippen LogP contribution in [0.5, 0.6) is 11.6 Å². The molecule has 7 heteroatoms. The van der Waals surface area contributed by atoms with Crippen LogP contribution in [0.4, 0.5) is 4.39 Å². The van der Waals surface area contributed by atoms with Crippen molar-refractivity contribution in [1.82, 2.24) is 4.98 Å². The van der Waals surface area contributed by atoms with Gasteiger partial charge in [-0.3, -0.25) is 0 Å². The highest BCUT2D eigenvalue weighted by molar-refractivity contribution is 7.17. The van der Waals surface area contributed by atoms with E-state index < -0.39 is 5.82 Å². The molecule has 2 aromatic heterocycles. The molecule has 0 fully saturated rings. The first-order valence-corrected chi connectivity index (χ1v) is 10.4. The number of nitrogens with zero attached hydrogens (tertiary/aromatic N) is 2. The van der Waals surface area contributed by atoms with E-state index in [2.05, 4.69) is 6.07 Å². The summed E-state index contributed by atoms with van der Waals surface area (Å²) in [6, 6.07) is 15.8. The van der Waals surface area contributed by atoms with Gasteiger partial charge in [0.25, 0.3) is 0 Å². The van der Waals surface area contributed by atoms with Gasteiger partial charge in [-0.15, -0.1) is 11.3 Å². The molecule has 0 amide bonds. The Morgan fingerprint density at radius 1 is 1.10 bits per heavy atom. The summed E-state index contributed by atoms with van der Waals surface area (Å²) in [6.45, 7) is 0.658. The summed E-state index contributed by atoms with van der Waals surface area (Å²) in [5.41, 5.74) is 3.42. The topological polar surface area (TPSA) is 64.4 Å². The van der Waals surface area contributed by atoms with E-state index in [0.717, 1.165) is 21.2 Å². The monoisotopic (exact) mass is 434 g/mol. The van der Waals surface area contributed by atoms with Gasteiger partial charge in [0, 0.05) is 34.6 Å². The molecule has 0 radical (unpaired) electrons. The molecular formula is C24H19FN2O3S. The largest absolute Gasteiger partial charge is 0.490 e. The van der Waals surface area contributed by atoms with Crippen LogP contribution in [0.2, 0.25) is 0 Å². The van der Waals surface area contributed by atoms with Gasteiger partial charge < -0.3 is 14.2 Å². The van der Waals surface area contributed by atoms with E-state index >= 15 is 0 Å². The van der Waals surface area contributed by atoms with Crippen LogP contribution in [0, 0.1) is 17.1 Å². The molecule has 0 unspecified atom stereocenters. The molecule has 5 nitrogen and oxygen atoms in total. The zero-order valence-electron chi connectivity index (χ0n) is 17.0. The Bertz CT molecular complexity index is 1280. The fourth-order valence-corrected chi connectivity index (χ4v) is 4.35. The Morgan fingerprint density at radius 3 is 2.74 bits per heavy atom. The third kappa shape index (κ3) is 4.08. The van der Waals surface area contributed by atoms with Crippen molar-refractivity contribution in [1.29, 1.82) is 5.26 Å². The Morgan fingerprint density at radius 2 is 1.97 bits per heavy atom. The molecule has 31 heavy (non-hydrogen) atoms. The first-order chi connectivity index (χ1) is 15.2. The number of pyridine rings is 1. The van der Waals surface area contributed by atoms with Gasteiger partial charge in [-0.1, -0.05) is 12.1 Å². The van der Waals surface area contributed by atoms with Gasteiger partial charge in [-0.25, -0.2) is 9.37 Å². The van der Waals surface area contributed by atoms with Crippen molar-refractivity contribution in [2.45, 2.75) is 0 Å². The minimum atomic E-state index is -0.395. The second-order valence-corrected chi connectivity index (χ2v) is 7.60. The van der Waals surface area contributed by atoms with Gasteiger partial charge in [-0.05, 0) is 35.7 Å². The Hall–Kier alpha value is -3.47. The van der Waals surface area contributed by atoms with Gasteiger partial charge in [0.2, 0.25) is 5.88 Å². The van der Waals surface area contributed by atoms with Gasteiger partial charge in [-0.2, -0.15) is 5.26 Å². The summed E-state index contributed by atoms with van der Waals surface area (Å²) in [6.07, 6.45) is 0. The predicted octanol–water partition coefficient (Wildman–Crippen LogP) is 5.67. The third-order valence-corrected chi connectivity index (χ3v) is 5.72. The van der Waals surface area contributed by atoms with E-state index in [1.165, 1.54) is 23.5 Å². The summed E-state index contributed by atoms with van der Waals surface area (Å²) in [7, 11) is 3.16. The lowest BCUT2D eigenvalue weighted by molar-refractivity contribution is 0.146. The minimum Gasteiger partial charge on any atom is -0.490 e. The fourth-order valence-electron chi connectivity index (χ4n) is 3.40. The van der Waals surface area contributed by atoms with Crippen molar-refractivity contribution >= 4 is 21.4 Å². The Labute approximate surface area is 183 Å². The maximum atomic E-state index is 14.1. The number of nitriles is 1. The number of thiophene rings is 1. The standard InChI is InChI=1S/C24H19FN2O3S/c1-28-9-10-30-20-13-17(25)6-7-18(20)21-22(16-5-3-4-15(12-16)14-26)27-24(29-2)19-8-11-31-23(19)21/h3-8,11-13H,9-10H2,1-2H3. The number of methoxy groups -OCH3 is 2. The molecule has 0 atom stereocenters. The van der Waals surface area contributed by atoms with Crippen molar-refractivity contribution in [3.8, 4) is 40.1 Å². The maximum absolute atomic E-state index is 14.1. The molecule has 2 heterocycles. The molecule has 0 saturated heterocycles. The van der Waals surface area contributed by atoms with Crippen LogP contribution in [-0.2, 0) is 4.74 Å². The molecule has 2 aromatic carbocycles. The van der Waals surface area contributed by atoms with Gasteiger partial charge in [0.1, 0.15) is 18.2 Å². The molecule has 0 spiro atoms. The normalized spacial score (nSPS) is 10.8. The van der Waals surface area contributed by atoms with Crippen molar-refractivity contribution < 1.29 is 18.6 Å². The summed E-state index contributed by atoms with van der Waals surface area (Å²) >= 11 is 1.54. The average molecular weight is 434 g/mol. The number of rotatable bonds is 7. The smallest absolute Gasteiger partial charge is 0.222 e. The zero-order valence-corrected chi connectivity index (χ0v) is 17.8. The summed E-state index contributed by atoms with van der Waals surface area (Å²) in [4.78, 5) is 4.77. The molecule has 156 valence electrons. The lowest BCUT2D eigenvalue weighted by Crippen LogP contribution is -2.06. The van der Waals surface area contributed by atoms with E-state index in [0.29, 0.717) is 35.1 Å². The summed E-state index contributed by atoms with van der Waals surface area (Å²) in [5.74, 6) is 0.491. The highest BCUT2D eigenvalue weighted by Gasteiger charge is 2.22. The van der Waals surface area contributed by atoms with E-state index in [-0.39, 0.29) is 6.61 Å². The van der Waals surface area contributed by atoms with Gasteiger partial charge >= 0.3 is 0 Å². The number of benzene rings is 2. The highest BCUT2D eigenvalue weighted by atomic mass is 32.1. The van der Waals surface area contributed by atoms with E-state index in [1.807, 2.05) is 23.6 Å². The lowest BCUT2D eigenvalue weighted by atomic mass is 9.96. The van der Waals surface area contributed by atoms with Crippen LogP contribution in [0.1, 0.15) is 5.56 Å². The first kappa shape index (κ1) is 20.8. The second-order valence-electron chi connectivity index (χ2n) is 6.68. The van der Waals surface area contributed by atoms with Crippen molar-refractivity contribution in [2.24, 2.45) is 0 Å². The van der Waals surface area contributed by atoms with E-state index in [9.17, 15) is 9.65 Å². The van der Waals surface area contributed by atoms with Crippen LogP contribution in [-0.4, -0.2) is 32.4 Å². The number of halogens is 1. The number of hydrogen-bond donors (Lipinski definition) is 0. The van der Waals surface area contributed by atoms with Gasteiger partial charge in [0.15, 0.2) is 0 Å². The number of fused-ring (bicyclic) bond motifs is 1. The van der Waals surface area contributed by atoms with E-state index in [4.69, 9.17) is 19.2 Å². The van der Waals surface area contributed by atoms with Crippen molar-refractivity contribution in [2.75, 3.05) is 27.4 Å². The quantitative estimate of drug-likeness (QED) is 0.351. The molecule has 0 saturated carbocycles. The minimum absolute atomic E-state index is 0.281. The molecular weight excluding hydrogens is 415 g/mol. The number of hydrogen-bond acceptors (Lipinski definition) is 6. The molecule has 0 bridgehead atoms. The molecule has 4 aromatic rings. The molecule has 0 aliphatic carbocycles. The van der Waals surface area contributed by atoms with Crippen LogP contribution >= 0.6 is 11.3 Å². The molecule has 0 aliphatic rings. The van der Waals surface area contributed by atoms with Crippen LogP contribution in [0.25, 0.3) is 32.5 Å². The predicted molar refractivity (Wildman–Crippen MR) is 119 cm³/mol. The first-order valence-electron chi connectivity index (χ1n) is 9.53. The lowest BCUT2D eigenvalue weighted by Gasteiger charge is -2.17. The fraction of sp³-hybridized carbons (Fsp3) is 0.167. The molecule has 4 rings (SSSR count). The average Bonchev–Trinajstić information content (AvgIpc) is 3.28. The van der Waals surface area contributed by atoms with Gasteiger partial charge in [0.05, 0.1) is 36.4 Å². The Kier molecular flexibility index (Phi) is 6.12. The highest BCUT2D eigenvalue weighted by Crippen LogP contribution is 2.45. The molecule has 0 aliphatic heterocycles. The van der Waals surface area contributed by atoms with Crippen LogP contribution in [0.15, 0.2) is 53.9 Å². The summed E-state index contributed by atoms with van der Waals surface area (Å²) in [5, 5.41) is 12.2. The Balaban J connectivity index is 2.02. The summed E-state index contributed by atoms with van der Waals surface area (Å²) < 4.78 is 31.5. The molecule has 0 N–H and O–H groups in total. The maximum Gasteiger partial charge on any atom is 0.222 e. The number of ether oxygens (including phenoxy) is 3. The van der Waals surface area contributed by atoms with Crippen LogP contribution in [0.3, 0.4) is 0 Å². The van der Waals surface area contributed by atoms with Crippen molar-refractivity contribution in [3.05, 3.63) is 65.3 Å². The second kappa shape index (κ2) is 9.13. The zero-order chi connectivity index (χ0) is 21.8. The SMILES string of the molecule is COCCOc1cc(F)ccc1-c1c(-c2cccc(C#N)c2)nc(OC)c2ccsc12. The van der Waals surface area contributed by atoms with E-state index in [1.54, 1.807) is 32.4 Å². The van der Waals surface area contributed by atoms with Crippen LogP contribution < -0.4 is 9.47 Å². The number of aromatic nitrogens is 1. The third-order valence-electron chi connectivity index (χ3n) is 4.79. The van der Waals surface area contributed by atoms with Crippen molar-refractivity contribution in [3.63, 3.8) is 0 Å².